The van der Waals surface area contributed by atoms with Crippen LogP contribution in [-0.4, -0.2) is 11.6 Å². The van der Waals surface area contributed by atoms with Crippen molar-refractivity contribution in [3.05, 3.63) is 40.5 Å². The van der Waals surface area contributed by atoms with Crippen molar-refractivity contribution in [2.45, 2.75) is 13.8 Å². The lowest BCUT2D eigenvalue weighted by Crippen LogP contribution is -2.20. The predicted octanol–water partition coefficient (Wildman–Crippen LogP) is 2.16. The number of Topliss-reactive ketones (excluding diaryl/α,β-unsaturated/α-hetero) is 2. The van der Waals surface area contributed by atoms with Gasteiger partial charge in [-0.1, -0.05) is 17.7 Å². The van der Waals surface area contributed by atoms with Crippen LogP contribution in [0.25, 0.3) is 6.08 Å². The molecule has 0 unspecified atom stereocenters. The number of hydrogen-bond donors (Lipinski definition) is 0. The molecule has 0 bridgehead atoms. The standard InChI is InChI=1S/C12H10O2/c1-7-3-4-9-6-8(2)11(13)12(14)10(9)5-7/h3-6H,1-2H3. The largest absolute Gasteiger partial charge is 0.285 e. The number of rotatable bonds is 0. The fraction of sp³-hybridized carbons (Fsp3) is 0.167. The Bertz CT molecular complexity index is 467. The Morgan fingerprint density at radius 2 is 1.71 bits per heavy atom. The van der Waals surface area contributed by atoms with E-state index in [9.17, 15) is 9.59 Å². The van der Waals surface area contributed by atoms with Gasteiger partial charge in [0.25, 0.3) is 0 Å². The summed E-state index contributed by atoms with van der Waals surface area (Å²) in [4.78, 5) is 23.0. The normalized spacial score (nSPS) is 15.1. The summed E-state index contributed by atoms with van der Waals surface area (Å²) in [6.07, 6.45) is 1.76. The predicted molar refractivity (Wildman–Crippen MR) is 54.2 cm³/mol. The number of aryl methyl sites for hydroxylation is 1. The molecule has 0 N–H and O–H groups in total. The summed E-state index contributed by atoms with van der Waals surface area (Å²) in [5.41, 5.74) is 2.89. The second-order valence-corrected chi connectivity index (χ2v) is 3.58. The minimum absolute atomic E-state index is 0.385. The van der Waals surface area contributed by atoms with E-state index in [1.165, 1.54) is 0 Å². The zero-order valence-corrected chi connectivity index (χ0v) is 8.13. The van der Waals surface area contributed by atoms with E-state index in [0.717, 1.165) is 11.1 Å². The Morgan fingerprint density at radius 3 is 2.43 bits per heavy atom. The summed E-state index contributed by atoms with van der Waals surface area (Å²) >= 11 is 0. The monoisotopic (exact) mass is 186 g/mol. The SMILES string of the molecule is CC1=Cc2ccc(C)cc2C(=O)C1=O. The Hall–Kier alpha value is -1.70. The van der Waals surface area contributed by atoms with Crippen LogP contribution in [0.4, 0.5) is 0 Å². The molecule has 2 heteroatoms. The number of carbonyl (C=O) groups excluding carboxylic acids is 2. The highest BCUT2D eigenvalue weighted by molar-refractivity contribution is 6.51. The Balaban J connectivity index is 2.70. The molecule has 1 aliphatic carbocycles. The molecule has 2 rings (SSSR count). The topological polar surface area (TPSA) is 34.1 Å². The fourth-order valence-corrected chi connectivity index (χ4v) is 1.59. The molecule has 2 nitrogen and oxygen atoms in total. The van der Waals surface area contributed by atoms with Gasteiger partial charge in [-0.25, -0.2) is 0 Å². The average Bonchev–Trinajstić information content (AvgIpc) is 2.16. The van der Waals surface area contributed by atoms with Gasteiger partial charge in [0, 0.05) is 11.1 Å². The molecule has 0 fully saturated rings. The Kier molecular flexibility index (Phi) is 1.84. The van der Waals surface area contributed by atoms with Crippen LogP contribution in [-0.2, 0) is 4.79 Å². The lowest BCUT2D eigenvalue weighted by Gasteiger charge is -2.11. The molecule has 70 valence electrons. The fourth-order valence-electron chi connectivity index (χ4n) is 1.59. The van der Waals surface area contributed by atoms with Crippen molar-refractivity contribution < 1.29 is 9.59 Å². The van der Waals surface area contributed by atoms with E-state index in [1.54, 1.807) is 19.1 Å². The second-order valence-electron chi connectivity index (χ2n) is 3.58. The molecular formula is C12H10O2. The molecule has 0 heterocycles. The van der Waals surface area contributed by atoms with Crippen molar-refractivity contribution in [3.63, 3.8) is 0 Å². The van der Waals surface area contributed by atoms with E-state index in [0.29, 0.717) is 11.1 Å². The van der Waals surface area contributed by atoms with Gasteiger partial charge in [-0.2, -0.15) is 0 Å². The first-order valence-electron chi connectivity index (χ1n) is 4.47. The van der Waals surface area contributed by atoms with Gasteiger partial charge in [0.05, 0.1) is 0 Å². The summed E-state index contributed by atoms with van der Waals surface area (Å²) in [6, 6.07) is 5.57. The van der Waals surface area contributed by atoms with Crippen molar-refractivity contribution >= 4 is 17.6 Å². The van der Waals surface area contributed by atoms with E-state index in [1.807, 2.05) is 19.1 Å². The molecule has 0 aromatic heterocycles. The zero-order chi connectivity index (χ0) is 10.3. The molecule has 0 aliphatic heterocycles. The van der Waals surface area contributed by atoms with Crippen LogP contribution in [0.1, 0.15) is 28.4 Å². The van der Waals surface area contributed by atoms with Gasteiger partial charge in [-0.05, 0) is 31.6 Å². The van der Waals surface area contributed by atoms with Crippen LogP contribution < -0.4 is 0 Å². The molecule has 0 radical (unpaired) electrons. The van der Waals surface area contributed by atoms with E-state index in [2.05, 4.69) is 0 Å². The zero-order valence-electron chi connectivity index (χ0n) is 8.13. The highest BCUT2D eigenvalue weighted by Gasteiger charge is 2.24. The van der Waals surface area contributed by atoms with Crippen molar-refractivity contribution in [3.8, 4) is 0 Å². The molecule has 0 saturated carbocycles. The Morgan fingerprint density at radius 1 is 1.00 bits per heavy atom. The number of carbonyl (C=O) groups is 2. The third-order valence-electron chi connectivity index (χ3n) is 2.39. The van der Waals surface area contributed by atoms with Crippen molar-refractivity contribution in [1.82, 2.24) is 0 Å². The van der Waals surface area contributed by atoms with E-state index >= 15 is 0 Å². The minimum atomic E-state index is -0.386. The first-order valence-corrected chi connectivity index (χ1v) is 4.47. The minimum Gasteiger partial charge on any atom is -0.285 e. The number of hydrogen-bond acceptors (Lipinski definition) is 2. The summed E-state index contributed by atoms with van der Waals surface area (Å²) < 4.78 is 0. The van der Waals surface area contributed by atoms with Gasteiger partial charge in [0.1, 0.15) is 0 Å². The quantitative estimate of drug-likeness (QED) is 0.582. The van der Waals surface area contributed by atoms with Gasteiger partial charge in [-0.3, -0.25) is 9.59 Å². The van der Waals surface area contributed by atoms with Crippen LogP contribution in [0.5, 0.6) is 0 Å². The number of fused-ring (bicyclic) bond motifs is 1. The number of benzene rings is 1. The first kappa shape index (κ1) is 8.88. The number of ketones is 2. The summed E-state index contributed by atoms with van der Waals surface area (Å²) in [7, 11) is 0. The number of allylic oxidation sites excluding steroid dienone is 1. The first-order chi connectivity index (χ1) is 6.59. The molecule has 1 aromatic carbocycles. The maximum absolute atomic E-state index is 11.6. The van der Waals surface area contributed by atoms with Gasteiger partial charge in [-0.15, -0.1) is 0 Å². The third-order valence-corrected chi connectivity index (χ3v) is 2.39. The van der Waals surface area contributed by atoms with Crippen LogP contribution in [0.15, 0.2) is 23.8 Å². The van der Waals surface area contributed by atoms with Gasteiger partial charge in [0.15, 0.2) is 0 Å². The van der Waals surface area contributed by atoms with Crippen molar-refractivity contribution in [2.75, 3.05) is 0 Å². The summed E-state index contributed by atoms with van der Waals surface area (Å²) in [5.74, 6) is -0.771. The highest BCUT2D eigenvalue weighted by Crippen LogP contribution is 2.22. The summed E-state index contributed by atoms with van der Waals surface area (Å²) in [5, 5.41) is 0. The van der Waals surface area contributed by atoms with E-state index in [-0.39, 0.29) is 11.6 Å². The third kappa shape index (κ3) is 1.20. The van der Waals surface area contributed by atoms with Gasteiger partial charge in [0.2, 0.25) is 11.6 Å². The lowest BCUT2D eigenvalue weighted by molar-refractivity contribution is -0.111. The molecule has 0 spiro atoms. The van der Waals surface area contributed by atoms with Crippen molar-refractivity contribution in [1.29, 1.82) is 0 Å². The average molecular weight is 186 g/mol. The highest BCUT2D eigenvalue weighted by atomic mass is 16.2. The van der Waals surface area contributed by atoms with Gasteiger partial charge < -0.3 is 0 Å². The maximum atomic E-state index is 11.6. The molecule has 14 heavy (non-hydrogen) atoms. The summed E-state index contributed by atoms with van der Waals surface area (Å²) in [6.45, 7) is 3.58. The molecule has 1 aromatic rings. The van der Waals surface area contributed by atoms with Crippen LogP contribution in [0.3, 0.4) is 0 Å². The lowest BCUT2D eigenvalue weighted by atomic mass is 9.90. The Labute approximate surface area is 82.2 Å². The second kappa shape index (κ2) is 2.91. The van der Waals surface area contributed by atoms with Crippen LogP contribution in [0, 0.1) is 6.92 Å². The van der Waals surface area contributed by atoms with E-state index in [4.69, 9.17) is 0 Å². The van der Waals surface area contributed by atoms with Crippen LogP contribution in [0.2, 0.25) is 0 Å². The van der Waals surface area contributed by atoms with Crippen LogP contribution >= 0.6 is 0 Å². The molecule has 1 aliphatic rings. The van der Waals surface area contributed by atoms with Crippen molar-refractivity contribution in [2.24, 2.45) is 0 Å². The molecule has 0 saturated heterocycles. The smallest absolute Gasteiger partial charge is 0.233 e. The van der Waals surface area contributed by atoms with E-state index < -0.39 is 0 Å². The molecule has 0 amide bonds. The molecular weight excluding hydrogens is 176 g/mol. The molecule has 0 atom stereocenters. The maximum Gasteiger partial charge on any atom is 0.233 e. The van der Waals surface area contributed by atoms with Gasteiger partial charge >= 0.3 is 0 Å².